The fraction of sp³-hybridized carbons (Fsp3) is 0.684. The van der Waals surface area contributed by atoms with E-state index in [-0.39, 0.29) is 37.9 Å². The Balaban J connectivity index is 1.69. The standard InChI is InChI=1S/C57H93NO6/c1-4-7-10-13-16-19-22-31-49-34-25-28-37-55(49)62-43-40-52(46-59)58(53(47-60)41-44-63-56-38-29-26-35-50(56)32-23-20-17-14-11-8-5-2)54(48-61)42-45-64-57-39-30-27-36-51(57)33-24-21-18-15-12-9-6-3/h25-30,34-39,52-54,59-61H,4-24,31-33,40-48H2,1-3H3. The van der Waals surface area contributed by atoms with Gasteiger partial charge in [0.25, 0.3) is 0 Å². The highest BCUT2D eigenvalue weighted by Gasteiger charge is 2.32. The summed E-state index contributed by atoms with van der Waals surface area (Å²) in [5.74, 6) is 2.71. The van der Waals surface area contributed by atoms with Crippen LogP contribution in [0.15, 0.2) is 72.8 Å². The third kappa shape index (κ3) is 22.9. The zero-order chi connectivity index (χ0) is 45.7. The minimum atomic E-state index is -0.348. The normalized spacial score (nSPS) is 13.0. The van der Waals surface area contributed by atoms with Gasteiger partial charge in [-0.2, -0.15) is 0 Å². The lowest BCUT2D eigenvalue weighted by atomic mass is 10.0. The van der Waals surface area contributed by atoms with Crippen LogP contribution in [0.3, 0.4) is 0 Å². The number of aliphatic hydroxyl groups is 3. The number of para-hydroxylation sites is 3. The van der Waals surface area contributed by atoms with E-state index in [0.717, 1.165) is 55.8 Å². The van der Waals surface area contributed by atoms with Gasteiger partial charge in [0.2, 0.25) is 0 Å². The Bertz CT molecular complexity index is 1350. The first-order valence-corrected chi connectivity index (χ1v) is 26.3. The third-order valence-corrected chi connectivity index (χ3v) is 13.1. The van der Waals surface area contributed by atoms with Crippen molar-refractivity contribution >= 4 is 0 Å². The number of aliphatic hydroxyl groups excluding tert-OH is 3. The van der Waals surface area contributed by atoms with Crippen molar-refractivity contribution in [3.05, 3.63) is 89.5 Å². The molecule has 0 fully saturated rings. The lowest BCUT2D eigenvalue weighted by Crippen LogP contribution is -2.55. The average molecular weight is 888 g/mol. The van der Waals surface area contributed by atoms with Crippen molar-refractivity contribution in [3.63, 3.8) is 0 Å². The van der Waals surface area contributed by atoms with Gasteiger partial charge in [0.15, 0.2) is 0 Å². The van der Waals surface area contributed by atoms with E-state index in [9.17, 15) is 15.3 Å². The Morgan fingerprint density at radius 1 is 0.359 bits per heavy atom. The summed E-state index contributed by atoms with van der Waals surface area (Å²) in [6.07, 6.45) is 31.3. The number of hydrogen-bond acceptors (Lipinski definition) is 7. The van der Waals surface area contributed by atoms with Crippen LogP contribution >= 0.6 is 0 Å². The van der Waals surface area contributed by atoms with Crippen LogP contribution in [0.4, 0.5) is 0 Å². The SMILES string of the molecule is CCCCCCCCCc1ccccc1OCCC(CO)N(C(CO)CCOc1ccccc1CCCCCCCCC)C(CO)CCOc1ccccc1CCCCCCCCC. The molecule has 362 valence electrons. The van der Waals surface area contributed by atoms with Crippen LogP contribution in [-0.4, -0.2) is 78.0 Å². The van der Waals surface area contributed by atoms with Crippen LogP contribution in [0.2, 0.25) is 0 Å². The van der Waals surface area contributed by atoms with Gasteiger partial charge in [0, 0.05) is 18.1 Å². The molecule has 0 spiro atoms. The molecule has 0 aliphatic heterocycles. The number of benzene rings is 3. The summed E-state index contributed by atoms with van der Waals surface area (Å²) >= 11 is 0. The fourth-order valence-electron chi connectivity index (χ4n) is 9.18. The van der Waals surface area contributed by atoms with Crippen LogP contribution in [-0.2, 0) is 19.3 Å². The number of unbranched alkanes of at least 4 members (excludes halogenated alkanes) is 18. The van der Waals surface area contributed by atoms with Crippen molar-refractivity contribution in [1.82, 2.24) is 4.90 Å². The molecule has 3 atom stereocenters. The van der Waals surface area contributed by atoms with Crippen LogP contribution < -0.4 is 14.2 Å². The number of hydrogen-bond donors (Lipinski definition) is 3. The molecule has 0 aliphatic rings. The predicted molar refractivity (Wildman–Crippen MR) is 269 cm³/mol. The molecule has 0 saturated carbocycles. The van der Waals surface area contributed by atoms with Gasteiger partial charge in [0.1, 0.15) is 17.2 Å². The molecule has 0 aliphatic carbocycles. The zero-order valence-electron chi connectivity index (χ0n) is 41.0. The molecule has 3 rings (SSSR count). The lowest BCUT2D eigenvalue weighted by Gasteiger charge is -2.42. The van der Waals surface area contributed by atoms with E-state index in [2.05, 4.69) is 80.3 Å². The van der Waals surface area contributed by atoms with Crippen LogP contribution in [0.5, 0.6) is 17.2 Å². The Kier molecular flexibility index (Phi) is 32.0. The Morgan fingerprint density at radius 2 is 0.609 bits per heavy atom. The summed E-state index contributed by atoms with van der Waals surface area (Å²) < 4.78 is 19.4. The summed E-state index contributed by atoms with van der Waals surface area (Å²) in [6, 6.07) is 24.0. The van der Waals surface area contributed by atoms with Crippen LogP contribution in [0.1, 0.15) is 192 Å². The second kappa shape index (κ2) is 37.0. The summed E-state index contributed by atoms with van der Waals surface area (Å²) in [5, 5.41) is 33.1. The second-order valence-electron chi connectivity index (χ2n) is 18.3. The van der Waals surface area contributed by atoms with Crippen molar-refractivity contribution in [2.24, 2.45) is 0 Å². The smallest absolute Gasteiger partial charge is 0.122 e. The fourth-order valence-corrected chi connectivity index (χ4v) is 9.18. The van der Waals surface area contributed by atoms with Crippen LogP contribution in [0.25, 0.3) is 0 Å². The molecule has 3 unspecified atom stereocenters. The maximum absolute atomic E-state index is 11.0. The van der Waals surface area contributed by atoms with E-state index in [1.807, 2.05) is 18.2 Å². The first kappa shape index (κ1) is 55.2. The minimum Gasteiger partial charge on any atom is -0.493 e. The maximum atomic E-state index is 11.0. The van der Waals surface area contributed by atoms with Gasteiger partial charge in [0.05, 0.1) is 39.6 Å². The van der Waals surface area contributed by atoms with Gasteiger partial charge >= 0.3 is 0 Å². The van der Waals surface area contributed by atoms with E-state index in [1.54, 1.807) is 0 Å². The Morgan fingerprint density at radius 3 is 0.875 bits per heavy atom. The molecule has 3 aromatic rings. The summed E-state index contributed by atoms with van der Waals surface area (Å²) in [5.41, 5.74) is 3.68. The minimum absolute atomic E-state index is 0.125. The number of nitrogens with zero attached hydrogens (tertiary/aromatic N) is 1. The summed E-state index contributed by atoms with van der Waals surface area (Å²) in [4.78, 5) is 2.15. The Hall–Kier alpha value is -3.10. The number of aryl methyl sites for hydroxylation is 3. The highest BCUT2D eigenvalue weighted by molar-refractivity contribution is 5.35. The first-order chi connectivity index (χ1) is 31.6. The van der Waals surface area contributed by atoms with E-state index < -0.39 is 0 Å². The van der Waals surface area contributed by atoms with Gasteiger partial charge in [-0.25, -0.2) is 0 Å². The molecule has 0 heterocycles. The predicted octanol–water partition coefficient (Wildman–Crippen LogP) is 13.7. The molecule has 0 radical (unpaired) electrons. The van der Waals surface area contributed by atoms with E-state index in [0.29, 0.717) is 39.1 Å². The molecule has 3 N–H and O–H groups in total. The molecule has 7 heteroatoms. The molecule has 0 amide bonds. The van der Waals surface area contributed by atoms with Gasteiger partial charge in [-0.3, -0.25) is 4.90 Å². The zero-order valence-corrected chi connectivity index (χ0v) is 41.0. The van der Waals surface area contributed by atoms with Crippen molar-refractivity contribution in [3.8, 4) is 17.2 Å². The summed E-state index contributed by atoms with van der Waals surface area (Å²) in [7, 11) is 0. The second-order valence-corrected chi connectivity index (χ2v) is 18.3. The van der Waals surface area contributed by atoms with Crippen molar-refractivity contribution in [1.29, 1.82) is 0 Å². The molecule has 0 saturated heterocycles. The highest BCUT2D eigenvalue weighted by atomic mass is 16.5. The van der Waals surface area contributed by atoms with Gasteiger partial charge in [-0.05, 0) is 92.7 Å². The molecule has 3 aromatic carbocycles. The number of rotatable bonds is 42. The van der Waals surface area contributed by atoms with E-state index >= 15 is 0 Å². The van der Waals surface area contributed by atoms with Crippen molar-refractivity contribution < 1.29 is 29.5 Å². The van der Waals surface area contributed by atoms with Crippen LogP contribution in [0, 0.1) is 0 Å². The first-order valence-electron chi connectivity index (χ1n) is 26.3. The van der Waals surface area contributed by atoms with E-state index in [4.69, 9.17) is 14.2 Å². The molecular formula is C57H93NO6. The quantitative estimate of drug-likeness (QED) is 0.0488. The number of ether oxygens (including phenoxy) is 3. The molecule has 0 aromatic heterocycles. The molecule has 64 heavy (non-hydrogen) atoms. The topological polar surface area (TPSA) is 91.6 Å². The van der Waals surface area contributed by atoms with Gasteiger partial charge < -0.3 is 29.5 Å². The summed E-state index contributed by atoms with van der Waals surface area (Å²) in [6.45, 7) is 7.65. The lowest BCUT2D eigenvalue weighted by molar-refractivity contribution is -0.0224. The molecule has 0 bridgehead atoms. The Labute approximate surface area is 391 Å². The van der Waals surface area contributed by atoms with Crippen molar-refractivity contribution in [2.45, 2.75) is 212 Å². The average Bonchev–Trinajstić information content (AvgIpc) is 3.32. The van der Waals surface area contributed by atoms with Gasteiger partial charge in [-0.1, -0.05) is 191 Å². The maximum Gasteiger partial charge on any atom is 0.122 e. The highest BCUT2D eigenvalue weighted by Crippen LogP contribution is 2.27. The molecular weight excluding hydrogens is 795 g/mol. The van der Waals surface area contributed by atoms with Crippen molar-refractivity contribution in [2.75, 3.05) is 39.6 Å². The van der Waals surface area contributed by atoms with E-state index in [1.165, 1.54) is 132 Å². The molecule has 7 nitrogen and oxygen atoms in total. The monoisotopic (exact) mass is 888 g/mol. The largest absolute Gasteiger partial charge is 0.493 e. The van der Waals surface area contributed by atoms with Gasteiger partial charge in [-0.15, -0.1) is 0 Å². The third-order valence-electron chi connectivity index (χ3n) is 13.1.